The molecule has 0 bridgehead atoms. The van der Waals surface area contributed by atoms with E-state index in [0.29, 0.717) is 5.76 Å². The molecule has 1 heterocycles. The Hall–Kier alpha value is -2.51. The molecule has 0 unspecified atom stereocenters. The van der Waals surface area contributed by atoms with E-state index in [9.17, 15) is 22.4 Å². The highest BCUT2D eigenvalue weighted by Gasteiger charge is 2.22. The van der Waals surface area contributed by atoms with E-state index in [1.54, 1.807) is 12.1 Å². The lowest BCUT2D eigenvalue weighted by Crippen LogP contribution is -2.31. The zero-order valence-electron chi connectivity index (χ0n) is 11.4. The van der Waals surface area contributed by atoms with Crippen LogP contribution in [0.3, 0.4) is 0 Å². The van der Waals surface area contributed by atoms with Crippen molar-refractivity contribution in [2.45, 2.75) is 6.54 Å². The second-order valence-electron chi connectivity index (χ2n) is 4.42. The first-order chi connectivity index (χ1) is 10.4. The molecule has 8 heteroatoms. The van der Waals surface area contributed by atoms with E-state index in [4.69, 9.17) is 4.42 Å². The van der Waals surface area contributed by atoms with Gasteiger partial charge in [-0.2, -0.15) is 8.78 Å². The van der Waals surface area contributed by atoms with Crippen molar-refractivity contribution < 1.29 is 31.5 Å². The molecule has 0 atom stereocenters. The average molecular weight is 317 g/mol. The molecule has 0 saturated carbocycles. The molecule has 22 heavy (non-hydrogen) atoms. The second kappa shape index (κ2) is 6.50. The molecule has 1 amide bonds. The third kappa shape index (κ3) is 3.38. The zero-order chi connectivity index (χ0) is 16.3. The lowest BCUT2D eigenvalue weighted by atomic mass is 10.3. The Labute approximate surface area is 122 Å². The number of benzene rings is 1. The fourth-order valence-corrected chi connectivity index (χ4v) is 1.65. The summed E-state index contributed by atoms with van der Waals surface area (Å²) in [6, 6.07) is 3.32. The van der Waals surface area contributed by atoms with Crippen LogP contribution in [0.15, 0.2) is 28.9 Å². The van der Waals surface area contributed by atoms with Crippen LogP contribution in [0.25, 0.3) is 0 Å². The first-order valence-electron chi connectivity index (χ1n) is 6.12. The number of nitrogens with zero attached hydrogens (tertiary/aromatic N) is 1. The molecule has 1 aromatic heterocycles. The number of carbonyl (C=O) groups is 1. The van der Waals surface area contributed by atoms with E-state index in [2.05, 4.69) is 4.74 Å². The normalized spacial score (nSPS) is 10.6. The molecule has 0 fully saturated rings. The van der Waals surface area contributed by atoms with Crippen LogP contribution in [0.1, 0.15) is 5.76 Å². The molecule has 118 valence electrons. The second-order valence-corrected chi connectivity index (χ2v) is 4.42. The standard InChI is InChI=1S/C14H11F4NO3/c1-19(6-8-3-2-4-21-8)11(20)7-22-14-12(17)9(15)5-10(16)13(14)18/h2-5H,6-7H2,1H3. The minimum atomic E-state index is -1.69. The van der Waals surface area contributed by atoms with Gasteiger partial charge in [0.15, 0.2) is 24.0 Å². The number of hydrogen-bond donors (Lipinski definition) is 0. The number of ether oxygens (including phenoxy) is 1. The lowest BCUT2D eigenvalue weighted by molar-refractivity contribution is -0.132. The van der Waals surface area contributed by atoms with Crippen molar-refractivity contribution in [3.8, 4) is 5.75 Å². The Morgan fingerprint density at radius 2 is 1.86 bits per heavy atom. The van der Waals surface area contributed by atoms with Crippen molar-refractivity contribution >= 4 is 5.91 Å². The number of carbonyl (C=O) groups excluding carboxylic acids is 1. The van der Waals surface area contributed by atoms with Gasteiger partial charge in [0.05, 0.1) is 12.8 Å². The number of halogens is 4. The van der Waals surface area contributed by atoms with Gasteiger partial charge < -0.3 is 14.1 Å². The van der Waals surface area contributed by atoms with Gasteiger partial charge in [-0.05, 0) is 12.1 Å². The van der Waals surface area contributed by atoms with Gasteiger partial charge in [-0.3, -0.25) is 4.79 Å². The van der Waals surface area contributed by atoms with Gasteiger partial charge in [-0.1, -0.05) is 0 Å². The quantitative estimate of drug-likeness (QED) is 0.629. The van der Waals surface area contributed by atoms with Crippen LogP contribution in [-0.4, -0.2) is 24.5 Å². The monoisotopic (exact) mass is 317 g/mol. The Morgan fingerprint density at radius 1 is 1.23 bits per heavy atom. The fraction of sp³-hybridized carbons (Fsp3) is 0.214. The van der Waals surface area contributed by atoms with Crippen LogP contribution in [0.2, 0.25) is 0 Å². The highest BCUT2D eigenvalue weighted by molar-refractivity contribution is 5.77. The van der Waals surface area contributed by atoms with Gasteiger partial charge in [0.2, 0.25) is 11.6 Å². The number of likely N-dealkylation sites (N-methyl/N-ethyl adjacent to an activating group) is 1. The highest BCUT2D eigenvalue weighted by atomic mass is 19.2. The van der Waals surface area contributed by atoms with Gasteiger partial charge >= 0.3 is 0 Å². The van der Waals surface area contributed by atoms with Gasteiger partial charge in [0, 0.05) is 13.1 Å². The largest absolute Gasteiger partial charge is 0.477 e. The van der Waals surface area contributed by atoms with E-state index in [-0.39, 0.29) is 12.6 Å². The molecule has 1 aromatic carbocycles. The SMILES string of the molecule is CN(Cc1ccco1)C(=O)COc1c(F)c(F)cc(F)c1F. The summed E-state index contributed by atoms with van der Waals surface area (Å²) in [5.74, 6) is -8.03. The molecule has 0 aliphatic rings. The van der Waals surface area contributed by atoms with E-state index >= 15 is 0 Å². The molecule has 0 radical (unpaired) electrons. The van der Waals surface area contributed by atoms with Gasteiger partial charge in [-0.25, -0.2) is 8.78 Å². The lowest BCUT2D eigenvalue weighted by Gasteiger charge is -2.16. The van der Waals surface area contributed by atoms with Crippen LogP contribution in [0.4, 0.5) is 17.6 Å². The molecular weight excluding hydrogens is 306 g/mol. The van der Waals surface area contributed by atoms with Crippen molar-refractivity contribution in [3.63, 3.8) is 0 Å². The van der Waals surface area contributed by atoms with Crippen LogP contribution < -0.4 is 4.74 Å². The first-order valence-corrected chi connectivity index (χ1v) is 6.12. The van der Waals surface area contributed by atoms with Crippen molar-refractivity contribution in [2.24, 2.45) is 0 Å². The molecular formula is C14H11F4NO3. The van der Waals surface area contributed by atoms with E-state index in [1.807, 2.05) is 0 Å². The van der Waals surface area contributed by atoms with Crippen molar-refractivity contribution in [3.05, 3.63) is 53.5 Å². The van der Waals surface area contributed by atoms with Crippen LogP contribution in [0.5, 0.6) is 5.75 Å². The number of rotatable bonds is 5. The number of furan rings is 1. The minimum absolute atomic E-state index is 0.0579. The highest BCUT2D eigenvalue weighted by Crippen LogP contribution is 2.26. The van der Waals surface area contributed by atoms with Crippen molar-refractivity contribution in [1.82, 2.24) is 4.90 Å². The molecule has 0 N–H and O–H groups in total. The molecule has 0 aliphatic carbocycles. The summed E-state index contributed by atoms with van der Waals surface area (Å²) in [7, 11) is 1.41. The maximum atomic E-state index is 13.4. The Morgan fingerprint density at radius 3 is 2.41 bits per heavy atom. The molecule has 0 aliphatic heterocycles. The Balaban J connectivity index is 2.02. The number of amides is 1. The Kier molecular flexibility index (Phi) is 4.69. The van der Waals surface area contributed by atoms with Gasteiger partial charge in [-0.15, -0.1) is 0 Å². The summed E-state index contributed by atoms with van der Waals surface area (Å²) in [5, 5.41) is 0. The van der Waals surface area contributed by atoms with Crippen molar-refractivity contribution in [2.75, 3.05) is 13.7 Å². The summed E-state index contributed by atoms with van der Waals surface area (Å²) in [5.41, 5.74) is 0. The molecule has 2 aromatic rings. The predicted octanol–water partition coefficient (Wildman–Crippen LogP) is 2.87. The van der Waals surface area contributed by atoms with Gasteiger partial charge in [0.25, 0.3) is 5.91 Å². The summed E-state index contributed by atoms with van der Waals surface area (Å²) < 4.78 is 62.3. The maximum Gasteiger partial charge on any atom is 0.260 e. The smallest absolute Gasteiger partial charge is 0.260 e. The minimum Gasteiger partial charge on any atom is -0.477 e. The number of hydrogen-bond acceptors (Lipinski definition) is 3. The fourth-order valence-electron chi connectivity index (χ4n) is 1.65. The van der Waals surface area contributed by atoms with Crippen LogP contribution in [-0.2, 0) is 11.3 Å². The zero-order valence-corrected chi connectivity index (χ0v) is 11.4. The first kappa shape index (κ1) is 15.9. The summed E-state index contributed by atoms with van der Waals surface area (Å²) in [4.78, 5) is 12.9. The van der Waals surface area contributed by atoms with Gasteiger partial charge in [0.1, 0.15) is 5.76 Å². The average Bonchev–Trinajstić information content (AvgIpc) is 2.97. The molecule has 0 spiro atoms. The van der Waals surface area contributed by atoms with E-state index in [1.165, 1.54) is 18.2 Å². The van der Waals surface area contributed by atoms with Crippen molar-refractivity contribution in [1.29, 1.82) is 0 Å². The topological polar surface area (TPSA) is 42.7 Å². The third-order valence-electron chi connectivity index (χ3n) is 2.81. The third-order valence-corrected chi connectivity index (χ3v) is 2.81. The maximum absolute atomic E-state index is 13.4. The van der Waals surface area contributed by atoms with E-state index in [0.717, 1.165) is 0 Å². The molecule has 0 saturated heterocycles. The predicted molar refractivity (Wildman–Crippen MR) is 67.0 cm³/mol. The van der Waals surface area contributed by atoms with E-state index < -0.39 is 41.5 Å². The molecule has 2 rings (SSSR count). The van der Waals surface area contributed by atoms with Crippen LogP contribution in [0, 0.1) is 23.3 Å². The summed E-state index contributed by atoms with van der Waals surface area (Å²) in [6.07, 6.45) is 1.42. The molecule has 4 nitrogen and oxygen atoms in total. The van der Waals surface area contributed by atoms with Crippen LogP contribution >= 0.6 is 0 Å². The summed E-state index contributed by atoms with van der Waals surface area (Å²) in [6.45, 7) is -0.675. The summed E-state index contributed by atoms with van der Waals surface area (Å²) >= 11 is 0. The Bertz CT molecular complexity index is 647.